The van der Waals surface area contributed by atoms with Crippen LogP contribution in [0, 0.1) is 0 Å². The summed E-state index contributed by atoms with van der Waals surface area (Å²) >= 11 is 3.44. The number of aliphatic hydroxyl groups excluding tert-OH is 1. The van der Waals surface area contributed by atoms with Crippen molar-refractivity contribution in [1.29, 1.82) is 0 Å². The van der Waals surface area contributed by atoms with E-state index in [2.05, 4.69) is 34.9 Å². The van der Waals surface area contributed by atoms with E-state index in [0.29, 0.717) is 6.04 Å². The molecular formula is C12H15BrN2O. The van der Waals surface area contributed by atoms with Crippen molar-refractivity contribution in [3.63, 3.8) is 0 Å². The Morgan fingerprint density at radius 3 is 2.88 bits per heavy atom. The van der Waals surface area contributed by atoms with Crippen LogP contribution in [0.5, 0.6) is 0 Å². The summed E-state index contributed by atoms with van der Waals surface area (Å²) in [6, 6.07) is 6.40. The topological polar surface area (TPSA) is 38.0 Å². The summed E-state index contributed by atoms with van der Waals surface area (Å²) in [6.45, 7) is 4.25. The molecule has 0 unspecified atom stereocenters. The SMILES string of the molecule is CC[C@H](C)n1nc(CO)c2cc(Br)ccc21. The first-order chi connectivity index (χ1) is 7.67. The summed E-state index contributed by atoms with van der Waals surface area (Å²) in [4.78, 5) is 0. The number of benzene rings is 1. The molecule has 1 aromatic carbocycles. The summed E-state index contributed by atoms with van der Waals surface area (Å²) in [7, 11) is 0. The normalized spacial score (nSPS) is 13.2. The van der Waals surface area contributed by atoms with Crippen LogP contribution in [-0.4, -0.2) is 14.9 Å². The van der Waals surface area contributed by atoms with Crippen LogP contribution in [0.1, 0.15) is 32.0 Å². The van der Waals surface area contributed by atoms with Gasteiger partial charge in [0.2, 0.25) is 0 Å². The molecule has 2 rings (SSSR count). The van der Waals surface area contributed by atoms with Gasteiger partial charge in [-0.1, -0.05) is 22.9 Å². The zero-order chi connectivity index (χ0) is 11.7. The van der Waals surface area contributed by atoms with E-state index >= 15 is 0 Å². The third-order valence-corrected chi connectivity index (χ3v) is 3.40. The number of fused-ring (bicyclic) bond motifs is 1. The predicted molar refractivity (Wildman–Crippen MR) is 68.4 cm³/mol. The monoisotopic (exact) mass is 282 g/mol. The highest BCUT2D eigenvalue weighted by Crippen LogP contribution is 2.26. The molecule has 0 fully saturated rings. The fourth-order valence-electron chi connectivity index (χ4n) is 1.80. The fourth-order valence-corrected chi connectivity index (χ4v) is 2.16. The average Bonchev–Trinajstić information content (AvgIpc) is 2.66. The molecule has 0 aliphatic rings. The molecule has 1 heterocycles. The highest BCUT2D eigenvalue weighted by molar-refractivity contribution is 9.10. The lowest BCUT2D eigenvalue weighted by Crippen LogP contribution is -2.05. The van der Waals surface area contributed by atoms with Crippen molar-refractivity contribution < 1.29 is 5.11 Å². The Morgan fingerprint density at radius 2 is 2.25 bits per heavy atom. The van der Waals surface area contributed by atoms with Crippen molar-refractivity contribution in [2.45, 2.75) is 32.9 Å². The molecule has 86 valence electrons. The molecule has 2 aromatic rings. The number of halogens is 1. The third-order valence-electron chi connectivity index (χ3n) is 2.90. The molecule has 0 aliphatic carbocycles. The van der Waals surface area contributed by atoms with E-state index in [1.54, 1.807) is 0 Å². The molecule has 16 heavy (non-hydrogen) atoms. The molecule has 1 aromatic heterocycles. The second-order valence-corrected chi connectivity index (χ2v) is 4.88. The van der Waals surface area contributed by atoms with Crippen LogP contribution in [0.4, 0.5) is 0 Å². The lowest BCUT2D eigenvalue weighted by atomic mass is 10.2. The van der Waals surface area contributed by atoms with Gasteiger partial charge in [-0.05, 0) is 31.5 Å². The van der Waals surface area contributed by atoms with Crippen LogP contribution >= 0.6 is 15.9 Å². The minimum absolute atomic E-state index is 0.0175. The van der Waals surface area contributed by atoms with Crippen LogP contribution in [0.3, 0.4) is 0 Å². The van der Waals surface area contributed by atoms with Crippen molar-refractivity contribution in [3.8, 4) is 0 Å². The molecule has 1 N–H and O–H groups in total. The molecular weight excluding hydrogens is 268 g/mol. The number of aromatic nitrogens is 2. The summed E-state index contributed by atoms with van der Waals surface area (Å²) in [6.07, 6.45) is 1.03. The van der Waals surface area contributed by atoms with Gasteiger partial charge in [-0.2, -0.15) is 5.10 Å². The van der Waals surface area contributed by atoms with E-state index in [9.17, 15) is 5.11 Å². The van der Waals surface area contributed by atoms with Crippen LogP contribution in [0.25, 0.3) is 10.9 Å². The summed E-state index contributed by atoms with van der Waals surface area (Å²) < 4.78 is 3.01. The van der Waals surface area contributed by atoms with Crippen molar-refractivity contribution in [2.24, 2.45) is 0 Å². The van der Waals surface area contributed by atoms with Gasteiger partial charge >= 0.3 is 0 Å². The predicted octanol–water partition coefficient (Wildman–Crippen LogP) is 3.26. The summed E-state index contributed by atoms with van der Waals surface area (Å²) in [5.41, 5.74) is 1.83. The number of aliphatic hydroxyl groups is 1. The zero-order valence-corrected chi connectivity index (χ0v) is 11.0. The Labute approximate surface area is 103 Å². The largest absolute Gasteiger partial charge is 0.390 e. The van der Waals surface area contributed by atoms with Crippen molar-refractivity contribution in [3.05, 3.63) is 28.4 Å². The second-order valence-electron chi connectivity index (χ2n) is 3.97. The minimum Gasteiger partial charge on any atom is -0.390 e. The standard InChI is InChI=1S/C12H15BrN2O/c1-3-8(2)15-12-5-4-9(13)6-10(12)11(7-16)14-15/h4-6,8,16H,3,7H2,1-2H3/t8-/m0/s1. The number of hydrogen-bond acceptors (Lipinski definition) is 2. The van der Waals surface area contributed by atoms with Gasteiger partial charge < -0.3 is 5.11 Å². The van der Waals surface area contributed by atoms with Gasteiger partial charge in [-0.3, -0.25) is 4.68 Å². The van der Waals surface area contributed by atoms with Crippen LogP contribution in [0.15, 0.2) is 22.7 Å². The van der Waals surface area contributed by atoms with E-state index < -0.39 is 0 Å². The Kier molecular flexibility index (Phi) is 3.30. The Bertz CT molecular complexity index is 507. The van der Waals surface area contributed by atoms with E-state index in [-0.39, 0.29) is 6.61 Å². The summed E-state index contributed by atoms with van der Waals surface area (Å²) in [5.74, 6) is 0. The van der Waals surface area contributed by atoms with Crippen molar-refractivity contribution >= 4 is 26.8 Å². The first kappa shape index (κ1) is 11.6. The molecule has 0 spiro atoms. The molecule has 0 bridgehead atoms. The third kappa shape index (κ3) is 1.87. The lowest BCUT2D eigenvalue weighted by Gasteiger charge is -2.10. The lowest BCUT2D eigenvalue weighted by molar-refractivity contribution is 0.275. The number of hydrogen-bond donors (Lipinski definition) is 1. The van der Waals surface area contributed by atoms with E-state index in [1.165, 1.54) is 0 Å². The minimum atomic E-state index is -0.0175. The maximum absolute atomic E-state index is 9.30. The molecule has 0 amide bonds. The molecule has 0 aliphatic heterocycles. The Morgan fingerprint density at radius 1 is 1.50 bits per heavy atom. The maximum Gasteiger partial charge on any atom is 0.0958 e. The highest BCUT2D eigenvalue weighted by Gasteiger charge is 2.13. The molecule has 0 saturated heterocycles. The maximum atomic E-state index is 9.30. The van der Waals surface area contributed by atoms with Crippen LogP contribution in [0.2, 0.25) is 0 Å². The first-order valence-corrected chi connectivity index (χ1v) is 6.24. The van der Waals surface area contributed by atoms with Crippen molar-refractivity contribution in [2.75, 3.05) is 0 Å². The smallest absolute Gasteiger partial charge is 0.0958 e. The van der Waals surface area contributed by atoms with Gasteiger partial charge in [-0.15, -0.1) is 0 Å². The molecule has 4 heteroatoms. The fraction of sp³-hybridized carbons (Fsp3) is 0.417. The first-order valence-electron chi connectivity index (χ1n) is 5.44. The van der Waals surface area contributed by atoms with E-state index in [1.807, 2.05) is 22.9 Å². The van der Waals surface area contributed by atoms with Gasteiger partial charge in [0, 0.05) is 15.9 Å². The van der Waals surface area contributed by atoms with Gasteiger partial charge in [0.15, 0.2) is 0 Å². The number of nitrogens with zero attached hydrogens (tertiary/aromatic N) is 2. The second kappa shape index (κ2) is 4.55. The van der Waals surface area contributed by atoms with Gasteiger partial charge in [0.05, 0.1) is 17.8 Å². The summed E-state index contributed by atoms with van der Waals surface area (Å²) in [5, 5.41) is 14.8. The quantitative estimate of drug-likeness (QED) is 0.938. The molecule has 0 saturated carbocycles. The Balaban J connectivity index is 2.67. The van der Waals surface area contributed by atoms with Gasteiger partial charge in [0.1, 0.15) is 0 Å². The Hall–Kier alpha value is -0.870. The van der Waals surface area contributed by atoms with Gasteiger partial charge in [0.25, 0.3) is 0 Å². The highest BCUT2D eigenvalue weighted by atomic mass is 79.9. The van der Waals surface area contributed by atoms with E-state index in [0.717, 1.165) is 27.5 Å². The average molecular weight is 283 g/mol. The molecule has 0 radical (unpaired) electrons. The van der Waals surface area contributed by atoms with Crippen molar-refractivity contribution in [1.82, 2.24) is 9.78 Å². The van der Waals surface area contributed by atoms with E-state index in [4.69, 9.17) is 0 Å². The van der Waals surface area contributed by atoms with Crippen LogP contribution < -0.4 is 0 Å². The number of rotatable bonds is 3. The zero-order valence-electron chi connectivity index (χ0n) is 9.44. The molecule has 3 nitrogen and oxygen atoms in total. The van der Waals surface area contributed by atoms with Gasteiger partial charge in [-0.25, -0.2) is 0 Å². The van der Waals surface area contributed by atoms with Crippen LogP contribution in [-0.2, 0) is 6.61 Å². The molecule has 1 atom stereocenters.